The van der Waals surface area contributed by atoms with E-state index >= 15 is 0 Å². The first-order valence-corrected chi connectivity index (χ1v) is 10.3. The molecule has 0 saturated heterocycles. The Morgan fingerprint density at radius 1 is 1.00 bits per heavy atom. The fourth-order valence-electron chi connectivity index (χ4n) is 3.32. The highest BCUT2D eigenvalue weighted by Crippen LogP contribution is 2.32. The second-order valence-corrected chi connectivity index (χ2v) is 8.00. The number of rotatable bonds is 6. The third-order valence-corrected chi connectivity index (χ3v) is 5.72. The van der Waals surface area contributed by atoms with E-state index in [4.69, 9.17) is 0 Å². The van der Waals surface area contributed by atoms with Crippen LogP contribution in [0.1, 0.15) is 27.4 Å². The molecule has 0 spiro atoms. The number of aromatic nitrogens is 4. The van der Waals surface area contributed by atoms with Gasteiger partial charge in [0.2, 0.25) is 0 Å². The summed E-state index contributed by atoms with van der Waals surface area (Å²) in [7, 11) is 0. The van der Waals surface area contributed by atoms with Crippen molar-refractivity contribution >= 4 is 11.3 Å². The lowest BCUT2D eigenvalue weighted by Gasteiger charge is -2.12. The van der Waals surface area contributed by atoms with E-state index in [-0.39, 0.29) is 5.56 Å². The van der Waals surface area contributed by atoms with E-state index in [1.807, 2.05) is 40.3 Å². The lowest BCUT2D eigenvalue weighted by molar-refractivity contribution is -0.138. The van der Waals surface area contributed by atoms with E-state index < -0.39 is 11.7 Å². The van der Waals surface area contributed by atoms with Crippen LogP contribution in [-0.2, 0) is 25.6 Å². The van der Waals surface area contributed by atoms with Gasteiger partial charge in [-0.05, 0) is 54.1 Å². The third-order valence-electron chi connectivity index (χ3n) is 4.86. The summed E-state index contributed by atoms with van der Waals surface area (Å²) < 4.78 is 41.7. The summed E-state index contributed by atoms with van der Waals surface area (Å²) in [6.45, 7) is 2.07. The molecule has 0 amide bonds. The van der Waals surface area contributed by atoms with Crippen molar-refractivity contribution in [3.05, 3.63) is 87.5 Å². The number of thiophene rings is 1. The minimum atomic E-state index is -4.36. The van der Waals surface area contributed by atoms with Gasteiger partial charge in [-0.2, -0.15) is 13.2 Å². The van der Waals surface area contributed by atoms with Crippen LogP contribution in [0.25, 0.3) is 11.5 Å². The Morgan fingerprint density at radius 2 is 1.87 bits per heavy atom. The highest BCUT2D eigenvalue weighted by atomic mass is 32.1. The molecule has 3 heterocycles. The van der Waals surface area contributed by atoms with E-state index in [2.05, 4.69) is 15.2 Å². The van der Waals surface area contributed by atoms with Crippen LogP contribution in [0.2, 0.25) is 0 Å². The predicted octanol–water partition coefficient (Wildman–Crippen LogP) is 5.56. The zero-order chi connectivity index (χ0) is 21.1. The first kappa shape index (κ1) is 20.3. The summed E-state index contributed by atoms with van der Waals surface area (Å²) in [5.74, 6) is 1.37. The Kier molecular flexibility index (Phi) is 5.67. The molecular formula is C22H19F3N4S. The zero-order valence-corrected chi connectivity index (χ0v) is 17.0. The summed E-state index contributed by atoms with van der Waals surface area (Å²) in [6, 6.07) is 14.1. The molecule has 0 radical (unpaired) electrons. The summed E-state index contributed by atoms with van der Waals surface area (Å²) in [5, 5.41) is 10.7. The molecule has 0 saturated carbocycles. The van der Waals surface area contributed by atoms with E-state index in [1.165, 1.54) is 19.1 Å². The van der Waals surface area contributed by atoms with Crippen molar-refractivity contribution in [2.45, 2.75) is 32.5 Å². The molecule has 30 heavy (non-hydrogen) atoms. The van der Waals surface area contributed by atoms with E-state index in [0.29, 0.717) is 36.5 Å². The van der Waals surface area contributed by atoms with Crippen molar-refractivity contribution in [1.29, 1.82) is 0 Å². The predicted molar refractivity (Wildman–Crippen MR) is 110 cm³/mol. The molecule has 1 aromatic carbocycles. The first-order valence-electron chi connectivity index (χ1n) is 9.44. The fraction of sp³-hybridized carbons (Fsp3) is 0.227. The van der Waals surface area contributed by atoms with Gasteiger partial charge in [0.1, 0.15) is 11.5 Å². The number of hydrogen-bond donors (Lipinski definition) is 0. The monoisotopic (exact) mass is 428 g/mol. The minimum absolute atomic E-state index is 0.226. The number of hydrogen-bond acceptors (Lipinski definition) is 4. The molecule has 0 aliphatic carbocycles. The van der Waals surface area contributed by atoms with Gasteiger partial charge in [-0.1, -0.05) is 24.3 Å². The van der Waals surface area contributed by atoms with Gasteiger partial charge >= 0.3 is 6.18 Å². The molecule has 3 aromatic heterocycles. The van der Waals surface area contributed by atoms with Crippen LogP contribution < -0.4 is 0 Å². The zero-order valence-electron chi connectivity index (χ0n) is 16.2. The Morgan fingerprint density at radius 3 is 2.57 bits per heavy atom. The number of pyridine rings is 1. The van der Waals surface area contributed by atoms with Gasteiger partial charge in [0.15, 0.2) is 5.82 Å². The topological polar surface area (TPSA) is 43.6 Å². The van der Waals surface area contributed by atoms with Gasteiger partial charge in [0.25, 0.3) is 0 Å². The normalized spacial score (nSPS) is 11.7. The molecule has 0 aliphatic heterocycles. The summed E-state index contributed by atoms with van der Waals surface area (Å²) in [5.41, 5.74) is 0.972. The number of alkyl halides is 3. The number of nitrogens with zero attached hydrogens (tertiary/aromatic N) is 4. The minimum Gasteiger partial charge on any atom is -0.304 e. The Balaban J connectivity index is 1.62. The van der Waals surface area contributed by atoms with Crippen LogP contribution in [-0.4, -0.2) is 19.7 Å². The quantitative estimate of drug-likeness (QED) is 0.404. The Bertz CT molecular complexity index is 1120. The molecule has 0 N–H and O–H groups in total. The number of halogens is 3. The third kappa shape index (κ3) is 4.43. The van der Waals surface area contributed by atoms with Crippen LogP contribution in [0.3, 0.4) is 0 Å². The number of benzene rings is 1. The molecule has 0 aliphatic rings. The smallest absolute Gasteiger partial charge is 0.304 e. The van der Waals surface area contributed by atoms with Gasteiger partial charge < -0.3 is 4.57 Å². The fourth-order valence-corrected chi connectivity index (χ4v) is 4.01. The van der Waals surface area contributed by atoms with Crippen molar-refractivity contribution in [2.24, 2.45) is 0 Å². The second-order valence-electron chi connectivity index (χ2n) is 6.97. The van der Waals surface area contributed by atoms with E-state index in [0.717, 1.165) is 10.7 Å². The van der Waals surface area contributed by atoms with Gasteiger partial charge in [0, 0.05) is 17.5 Å². The molecule has 0 bridgehead atoms. The van der Waals surface area contributed by atoms with Gasteiger partial charge in [-0.15, -0.1) is 21.5 Å². The van der Waals surface area contributed by atoms with Crippen molar-refractivity contribution in [1.82, 2.24) is 19.7 Å². The number of aryl methyl sites for hydroxylation is 3. The molecule has 154 valence electrons. The average molecular weight is 428 g/mol. The standard InChI is InChI=1S/C22H19F3N4S/c1-15-7-8-16(13-18(15)22(23,24)25)9-10-20-27-28-21(19-6-2-3-11-26-19)29(20)14-17-5-4-12-30-17/h2-8,11-13H,9-10,14H2,1H3. The molecule has 8 heteroatoms. The van der Waals surface area contributed by atoms with Crippen molar-refractivity contribution in [2.75, 3.05) is 0 Å². The second kappa shape index (κ2) is 8.39. The van der Waals surface area contributed by atoms with Crippen molar-refractivity contribution < 1.29 is 13.2 Å². The van der Waals surface area contributed by atoms with Crippen LogP contribution >= 0.6 is 11.3 Å². The summed E-state index contributed by atoms with van der Waals surface area (Å²) in [4.78, 5) is 5.52. The Hall–Kier alpha value is -3.00. The van der Waals surface area contributed by atoms with Crippen LogP contribution in [0.5, 0.6) is 0 Å². The van der Waals surface area contributed by atoms with Crippen LogP contribution in [0.4, 0.5) is 13.2 Å². The lowest BCUT2D eigenvalue weighted by atomic mass is 10.0. The molecule has 4 rings (SSSR count). The molecular weight excluding hydrogens is 409 g/mol. The highest BCUT2D eigenvalue weighted by molar-refractivity contribution is 7.09. The molecule has 0 unspecified atom stereocenters. The van der Waals surface area contributed by atoms with E-state index in [9.17, 15) is 13.2 Å². The maximum Gasteiger partial charge on any atom is 0.416 e. The lowest BCUT2D eigenvalue weighted by Crippen LogP contribution is -2.10. The highest BCUT2D eigenvalue weighted by Gasteiger charge is 2.32. The van der Waals surface area contributed by atoms with Gasteiger partial charge in [0.05, 0.1) is 12.1 Å². The molecule has 0 atom stereocenters. The SMILES string of the molecule is Cc1ccc(CCc2nnc(-c3ccccn3)n2Cc2cccs2)cc1C(F)(F)F. The average Bonchev–Trinajstić information content (AvgIpc) is 3.38. The largest absolute Gasteiger partial charge is 0.416 e. The van der Waals surface area contributed by atoms with Crippen molar-refractivity contribution in [3.8, 4) is 11.5 Å². The van der Waals surface area contributed by atoms with Gasteiger partial charge in [-0.3, -0.25) is 4.98 Å². The first-order chi connectivity index (χ1) is 14.4. The summed E-state index contributed by atoms with van der Waals surface area (Å²) in [6.07, 6.45) is -1.74. The van der Waals surface area contributed by atoms with E-state index in [1.54, 1.807) is 23.6 Å². The molecule has 4 aromatic rings. The van der Waals surface area contributed by atoms with Crippen molar-refractivity contribution in [3.63, 3.8) is 0 Å². The summed E-state index contributed by atoms with van der Waals surface area (Å²) >= 11 is 1.63. The van der Waals surface area contributed by atoms with Crippen LogP contribution in [0.15, 0.2) is 60.1 Å². The van der Waals surface area contributed by atoms with Gasteiger partial charge in [-0.25, -0.2) is 0 Å². The molecule has 0 fully saturated rings. The molecule has 4 nitrogen and oxygen atoms in total. The Labute approximate surface area is 176 Å². The maximum atomic E-state index is 13.2. The van der Waals surface area contributed by atoms with Crippen LogP contribution in [0, 0.1) is 6.92 Å². The maximum absolute atomic E-state index is 13.2.